The topological polar surface area (TPSA) is 163 Å². The molecule has 154 valence electrons. The van der Waals surface area contributed by atoms with Gasteiger partial charge in [-0.1, -0.05) is 21.6 Å². The zero-order valence-electron chi connectivity index (χ0n) is 14.2. The number of nitrogens with one attached hydrogen (secondary N) is 2. The minimum atomic E-state index is -0.862. The van der Waals surface area contributed by atoms with E-state index < -0.39 is 35.8 Å². The minimum absolute atomic E-state index is 0. The summed E-state index contributed by atoms with van der Waals surface area (Å²) in [6.45, 7) is -0.498. The molecule has 0 saturated heterocycles. The number of ether oxygens (including phenoxy) is 2. The van der Waals surface area contributed by atoms with Crippen LogP contribution in [0, 0.1) is 0 Å². The lowest BCUT2D eigenvalue weighted by atomic mass is 10.3. The first-order valence-corrected chi connectivity index (χ1v) is 9.27. The van der Waals surface area contributed by atoms with Gasteiger partial charge in [-0.25, -0.2) is 9.59 Å². The Labute approximate surface area is 171 Å². The Bertz CT molecular complexity index is 421. The molecule has 0 aliphatic carbocycles. The van der Waals surface area contributed by atoms with Crippen molar-refractivity contribution < 1.29 is 28.7 Å². The second-order valence-corrected chi connectivity index (χ2v) is 6.82. The summed E-state index contributed by atoms with van der Waals surface area (Å²) in [4.78, 5) is 45.7. The number of carbonyl (C=O) groups is 4. The van der Waals surface area contributed by atoms with Crippen LogP contribution in [-0.2, 0) is 28.7 Å². The van der Waals surface area contributed by atoms with Crippen LogP contribution in [0.15, 0.2) is 0 Å². The molecule has 0 spiro atoms. The van der Waals surface area contributed by atoms with Crippen molar-refractivity contribution in [1.29, 1.82) is 0 Å². The molecule has 2 atom stereocenters. The quantitative estimate of drug-likeness (QED) is 0.163. The lowest BCUT2D eigenvalue weighted by Gasteiger charge is -2.17. The maximum absolute atomic E-state index is 11.6. The van der Waals surface area contributed by atoms with Crippen LogP contribution in [0.25, 0.3) is 0 Å². The third-order valence-corrected chi connectivity index (χ3v) is 4.99. The third-order valence-electron chi connectivity index (χ3n) is 2.57. The summed E-state index contributed by atoms with van der Waals surface area (Å²) in [7, 11) is 4.85. The van der Waals surface area contributed by atoms with E-state index in [1.807, 2.05) is 0 Å². The molecule has 0 aliphatic rings. The van der Waals surface area contributed by atoms with E-state index in [1.165, 1.54) is 35.8 Å². The number of hydrogen-bond acceptors (Lipinski definition) is 10. The summed E-state index contributed by atoms with van der Waals surface area (Å²) in [6.07, 6.45) is 0. The number of esters is 2. The van der Waals surface area contributed by atoms with Crippen LogP contribution in [0.1, 0.15) is 0 Å². The normalized spacial score (nSPS) is 11.7. The van der Waals surface area contributed by atoms with Crippen LogP contribution < -0.4 is 22.1 Å². The molecule has 2 amide bonds. The second-order valence-electron chi connectivity index (χ2n) is 4.26. The zero-order valence-corrected chi connectivity index (χ0v) is 17.5. The summed E-state index contributed by atoms with van der Waals surface area (Å²) in [5.74, 6) is -1.79. The van der Waals surface area contributed by atoms with Crippen molar-refractivity contribution in [2.24, 2.45) is 11.5 Å². The molecule has 14 heteroatoms. The molecular formula is C12H24Cl2N4O6S2. The third kappa shape index (κ3) is 12.4. The highest BCUT2D eigenvalue weighted by atomic mass is 35.5. The second kappa shape index (κ2) is 17.5. The van der Waals surface area contributed by atoms with E-state index in [1.54, 1.807) is 0 Å². The molecule has 0 aromatic carbocycles. The van der Waals surface area contributed by atoms with E-state index in [0.717, 1.165) is 0 Å². The zero-order chi connectivity index (χ0) is 18.5. The summed E-state index contributed by atoms with van der Waals surface area (Å²) in [6, 6.07) is -1.72. The molecule has 6 N–H and O–H groups in total. The van der Waals surface area contributed by atoms with Gasteiger partial charge in [0.25, 0.3) is 0 Å². The lowest BCUT2D eigenvalue weighted by molar-refractivity contribution is -0.144. The van der Waals surface area contributed by atoms with Gasteiger partial charge in [0.1, 0.15) is 12.1 Å². The van der Waals surface area contributed by atoms with Gasteiger partial charge < -0.3 is 31.6 Å². The maximum atomic E-state index is 11.6. The SMILES string of the molecule is COC(=O)[C@H](CSSC[C@H](NC(=O)CN)C(=O)OC)NC(=O)CN.Cl.Cl. The average Bonchev–Trinajstić information content (AvgIpc) is 2.60. The van der Waals surface area contributed by atoms with Crippen LogP contribution in [0.4, 0.5) is 0 Å². The molecule has 0 bridgehead atoms. The Kier molecular flexibility index (Phi) is 20.1. The predicted molar refractivity (Wildman–Crippen MR) is 105 cm³/mol. The number of nitrogens with two attached hydrogens (primary N) is 2. The van der Waals surface area contributed by atoms with E-state index in [9.17, 15) is 19.2 Å². The maximum Gasteiger partial charge on any atom is 0.329 e. The fourth-order valence-corrected chi connectivity index (χ4v) is 3.66. The monoisotopic (exact) mass is 454 g/mol. The molecule has 26 heavy (non-hydrogen) atoms. The Balaban J connectivity index is -0.00000264. The summed E-state index contributed by atoms with van der Waals surface area (Å²) >= 11 is 0. The van der Waals surface area contributed by atoms with Gasteiger partial charge in [0.2, 0.25) is 11.8 Å². The van der Waals surface area contributed by atoms with Crippen molar-refractivity contribution in [2.45, 2.75) is 12.1 Å². The Hall–Kier alpha value is -0.920. The summed E-state index contributed by atoms with van der Waals surface area (Å²) in [5.41, 5.74) is 10.4. The van der Waals surface area contributed by atoms with E-state index in [2.05, 4.69) is 20.1 Å². The highest BCUT2D eigenvalue weighted by Gasteiger charge is 2.24. The highest BCUT2D eigenvalue weighted by Crippen LogP contribution is 2.23. The number of carbonyl (C=O) groups excluding carboxylic acids is 4. The van der Waals surface area contributed by atoms with Crippen molar-refractivity contribution in [3.8, 4) is 0 Å². The van der Waals surface area contributed by atoms with Gasteiger partial charge in [0.05, 0.1) is 27.3 Å². The van der Waals surface area contributed by atoms with E-state index >= 15 is 0 Å². The molecule has 0 fully saturated rings. The molecular weight excluding hydrogens is 431 g/mol. The van der Waals surface area contributed by atoms with E-state index in [0.29, 0.717) is 0 Å². The molecule has 0 rings (SSSR count). The van der Waals surface area contributed by atoms with Crippen LogP contribution in [-0.4, -0.2) is 74.7 Å². The van der Waals surface area contributed by atoms with Gasteiger partial charge in [-0.15, -0.1) is 24.8 Å². The first kappa shape index (κ1) is 29.8. The van der Waals surface area contributed by atoms with Crippen LogP contribution in [0.3, 0.4) is 0 Å². The van der Waals surface area contributed by atoms with Crippen molar-refractivity contribution in [1.82, 2.24) is 10.6 Å². The van der Waals surface area contributed by atoms with Crippen molar-refractivity contribution >= 4 is 70.2 Å². The molecule has 0 saturated carbocycles. The molecule has 0 aromatic heterocycles. The van der Waals surface area contributed by atoms with Crippen LogP contribution in [0.2, 0.25) is 0 Å². The number of halogens is 2. The fraction of sp³-hybridized carbons (Fsp3) is 0.667. The van der Waals surface area contributed by atoms with Crippen molar-refractivity contribution in [3.63, 3.8) is 0 Å². The van der Waals surface area contributed by atoms with Gasteiger partial charge >= 0.3 is 11.9 Å². The standard InChI is InChI=1S/C12H22N4O6S2.2ClH/c1-21-11(19)7(15-9(17)3-13)5-23-24-6-8(12(20)22-2)16-10(18)4-14;;/h7-8H,3-6,13-14H2,1-2H3,(H,15,17)(H,16,18);2*1H/t7-,8-;;/m0../s1. The largest absolute Gasteiger partial charge is 0.467 e. The lowest BCUT2D eigenvalue weighted by Crippen LogP contribution is -2.46. The van der Waals surface area contributed by atoms with Crippen LogP contribution >= 0.6 is 46.4 Å². The Morgan fingerprint density at radius 1 is 0.808 bits per heavy atom. The van der Waals surface area contributed by atoms with Gasteiger partial charge in [-0.05, 0) is 0 Å². The molecule has 0 unspecified atom stereocenters. The first-order chi connectivity index (χ1) is 11.4. The van der Waals surface area contributed by atoms with Gasteiger partial charge in [0.15, 0.2) is 0 Å². The van der Waals surface area contributed by atoms with Gasteiger partial charge in [0, 0.05) is 11.5 Å². The summed E-state index contributed by atoms with van der Waals surface area (Å²) < 4.78 is 9.19. The Morgan fingerprint density at radius 2 is 1.12 bits per heavy atom. The molecule has 0 radical (unpaired) electrons. The number of amides is 2. The van der Waals surface area contributed by atoms with Gasteiger partial charge in [-0.2, -0.15) is 0 Å². The van der Waals surface area contributed by atoms with E-state index in [4.69, 9.17) is 11.5 Å². The molecule has 0 aromatic rings. The predicted octanol–water partition coefficient (Wildman–Crippen LogP) is -1.56. The fourth-order valence-electron chi connectivity index (χ4n) is 1.36. The Morgan fingerprint density at radius 3 is 1.35 bits per heavy atom. The van der Waals surface area contributed by atoms with Crippen molar-refractivity contribution in [3.05, 3.63) is 0 Å². The number of hydrogen-bond donors (Lipinski definition) is 4. The van der Waals surface area contributed by atoms with Crippen molar-refractivity contribution in [2.75, 3.05) is 38.8 Å². The highest BCUT2D eigenvalue weighted by molar-refractivity contribution is 8.76. The molecule has 0 aliphatic heterocycles. The first-order valence-electron chi connectivity index (χ1n) is 6.78. The summed E-state index contributed by atoms with van der Waals surface area (Å²) in [5, 5.41) is 4.86. The number of methoxy groups -OCH3 is 2. The average molecular weight is 455 g/mol. The minimum Gasteiger partial charge on any atom is -0.467 e. The smallest absolute Gasteiger partial charge is 0.329 e. The number of rotatable bonds is 11. The van der Waals surface area contributed by atoms with Crippen LogP contribution in [0.5, 0.6) is 0 Å². The van der Waals surface area contributed by atoms with Gasteiger partial charge in [-0.3, -0.25) is 9.59 Å². The van der Waals surface area contributed by atoms with E-state index in [-0.39, 0.29) is 49.4 Å². The molecule has 0 heterocycles. The molecule has 10 nitrogen and oxygen atoms in total.